The number of nitriles is 1. The minimum absolute atomic E-state index is 0.0774. The van der Waals surface area contributed by atoms with Crippen LogP contribution in [-0.4, -0.2) is 49.4 Å². The van der Waals surface area contributed by atoms with Crippen LogP contribution in [0.3, 0.4) is 0 Å². The van der Waals surface area contributed by atoms with E-state index in [1.54, 1.807) is 20.0 Å². The van der Waals surface area contributed by atoms with Gasteiger partial charge in [-0.3, -0.25) is 0 Å². The van der Waals surface area contributed by atoms with Crippen LogP contribution in [0.1, 0.15) is 25.0 Å². The van der Waals surface area contributed by atoms with E-state index in [1.807, 2.05) is 6.07 Å². The van der Waals surface area contributed by atoms with Crippen molar-refractivity contribution in [3.8, 4) is 6.07 Å². The molecule has 1 saturated heterocycles. The maximum absolute atomic E-state index is 14.2. The van der Waals surface area contributed by atoms with Gasteiger partial charge in [0.25, 0.3) is 0 Å². The Bertz CT molecular complexity index is 1070. The average molecular weight is 424 g/mol. The number of aliphatic imine (C=N–C) groups is 2. The van der Waals surface area contributed by atoms with Crippen LogP contribution in [0.2, 0.25) is 0 Å². The standard InChI is InChI=1S/C21H26FN9/c1-12-11-31(5-4-27-12)16-6-14(9-23)19(18(8-16)26-3)20(25)30-15-7-17(22)21(28-10-15)29-13(2)24/h6-8,10,12,26-27H,4-5,11H2,1-3H3,(H2,25,30)(H2,24,28,29). The summed E-state index contributed by atoms with van der Waals surface area (Å²) < 4.78 is 14.2. The number of pyridine rings is 1. The molecule has 2 aromatic rings. The molecule has 1 aliphatic heterocycles. The zero-order chi connectivity index (χ0) is 22.5. The van der Waals surface area contributed by atoms with Gasteiger partial charge in [-0.2, -0.15) is 5.26 Å². The molecule has 0 aliphatic carbocycles. The number of benzene rings is 1. The Kier molecular flexibility index (Phi) is 6.67. The molecule has 1 atom stereocenters. The predicted molar refractivity (Wildman–Crippen MR) is 122 cm³/mol. The minimum Gasteiger partial charge on any atom is -0.387 e. The first-order chi connectivity index (χ1) is 14.8. The van der Waals surface area contributed by atoms with E-state index < -0.39 is 5.82 Å². The number of piperazine rings is 1. The highest BCUT2D eigenvalue weighted by atomic mass is 19.1. The highest BCUT2D eigenvalue weighted by Crippen LogP contribution is 2.29. The maximum Gasteiger partial charge on any atom is 0.190 e. The first kappa shape index (κ1) is 22.0. The lowest BCUT2D eigenvalue weighted by molar-refractivity contribution is 0.485. The second-order valence-electron chi connectivity index (χ2n) is 7.33. The van der Waals surface area contributed by atoms with E-state index in [-0.39, 0.29) is 23.2 Å². The first-order valence-electron chi connectivity index (χ1n) is 9.87. The number of amidine groups is 2. The number of hydrogen-bond donors (Lipinski definition) is 4. The SMILES string of the molecule is CNc1cc(N2CCNC(C)C2)cc(C#N)c1C(N)=Nc1cnc(/N=C(/C)N)c(F)c1. The van der Waals surface area contributed by atoms with Gasteiger partial charge in [0.1, 0.15) is 11.9 Å². The second kappa shape index (κ2) is 9.40. The summed E-state index contributed by atoms with van der Waals surface area (Å²) in [4.78, 5) is 14.3. The summed E-state index contributed by atoms with van der Waals surface area (Å²) in [7, 11) is 1.75. The number of aromatic nitrogens is 1. The summed E-state index contributed by atoms with van der Waals surface area (Å²) in [6.07, 6.45) is 1.35. The molecule has 6 N–H and O–H groups in total. The topological polar surface area (TPSA) is 141 Å². The van der Waals surface area contributed by atoms with Crippen molar-refractivity contribution in [3.05, 3.63) is 41.3 Å². The summed E-state index contributed by atoms with van der Waals surface area (Å²) in [6, 6.07) is 7.47. The Morgan fingerprint density at radius 1 is 1.35 bits per heavy atom. The Morgan fingerprint density at radius 3 is 2.74 bits per heavy atom. The van der Waals surface area contributed by atoms with Crippen molar-refractivity contribution in [3.63, 3.8) is 0 Å². The van der Waals surface area contributed by atoms with Crippen molar-refractivity contribution in [1.29, 1.82) is 5.26 Å². The third kappa shape index (κ3) is 5.07. The number of rotatable bonds is 5. The minimum atomic E-state index is -0.670. The van der Waals surface area contributed by atoms with Crippen LogP contribution in [0.25, 0.3) is 0 Å². The molecule has 1 fully saturated rings. The lowest BCUT2D eigenvalue weighted by atomic mass is 10.0. The van der Waals surface area contributed by atoms with E-state index in [4.69, 9.17) is 11.5 Å². The molecule has 1 aromatic heterocycles. The zero-order valence-corrected chi connectivity index (χ0v) is 17.8. The van der Waals surface area contributed by atoms with Crippen molar-refractivity contribution < 1.29 is 4.39 Å². The largest absolute Gasteiger partial charge is 0.387 e. The molecule has 0 radical (unpaired) electrons. The highest BCUT2D eigenvalue weighted by molar-refractivity contribution is 6.06. The zero-order valence-electron chi connectivity index (χ0n) is 17.8. The van der Waals surface area contributed by atoms with Gasteiger partial charge in [0.05, 0.1) is 28.8 Å². The normalized spacial score (nSPS) is 17.4. The Labute approximate surface area is 180 Å². The number of nitrogens with zero attached hydrogens (tertiary/aromatic N) is 5. The summed E-state index contributed by atoms with van der Waals surface area (Å²) in [5.74, 6) is -0.524. The molecule has 1 aromatic carbocycles. The number of nitrogens with one attached hydrogen (secondary N) is 2. The first-order valence-corrected chi connectivity index (χ1v) is 9.87. The van der Waals surface area contributed by atoms with Gasteiger partial charge in [0, 0.05) is 50.2 Å². The van der Waals surface area contributed by atoms with Crippen molar-refractivity contribution >= 4 is 34.6 Å². The number of nitrogens with two attached hydrogens (primary N) is 2. The van der Waals surface area contributed by atoms with E-state index >= 15 is 0 Å². The van der Waals surface area contributed by atoms with Crippen LogP contribution in [-0.2, 0) is 0 Å². The lowest BCUT2D eigenvalue weighted by Gasteiger charge is -2.34. The third-order valence-electron chi connectivity index (χ3n) is 4.84. The van der Waals surface area contributed by atoms with E-state index in [0.29, 0.717) is 22.9 Å². The molecule has 2 heterocycles. The van der Waals surface area contributed by atoms with Crippen molar-refractivity contribution in [2.24, 2.45) is 21.5 Å². The van der Waals surface area contributed by atoms with Gasteiger partial charge in [-0.05, 0) is 26.0 Å². The molecule has 31 heavy (non-hydrogen) atoms. The monoisotopic (exact) mass is 423 g/mol. The molecule has 0 spiro atoms. The summed E-state index contributed by atoms with van der Waals surface area (Å²) in [5.41, 5.74) is 14.3. The molecule has 3 rings (SSSR count). The molecule has 1 aliphatic rings. The van der Waals surface area contributed by atoms with Crippen molar-refractivity contribution in [2.45, 2.75) is 19.9 Å². The van der Waals surface area contributed by atoms with Gasteiger partial charge in [0.15, 0.2) is 11.6 Å². The van der Waals surface area contributed by atoms with Crippen molar-refractivity contribution in [2.75, 3.05) is 36.9 Å². The third-order valence-corrected chi connectivity index (χ3v) is 4.84. The van der Waals surface area contributed by atoms with E-state index in [9.17, 15) is 9.65 Å². The van der Waals surface area contributed by atoms with E-state index in [0.717, 1.165) is 25.3 Å². The molecule has 0 bridgehead atoms. The maximum atomic E-state index is 14.2. The van der Waals surface area contributed by atoms with E-state index in [1.165, 1.54) is 12.3 Å². The Balaban J connectivity index is 2.00. The number of anilines is 2. The van der Waals surface area contributed by atoms with Crippen LogP contribution in [0, 0.1) is 17.1 Å². The number of halogens is 1. The van der Waals surface area contributed by atoms with E-state index in [2.05, 4.69) is 43.5 Å². The van der Waals surface area contributed by atoms with Gasteiger partial charge < -0.3 is 27.0 Å². The Morgan fingerprint density at radius 2 is 2.13 bits per heavy atom. The molecule has 162 valence electrons. The van der Waals surface area contributed by atoms with Gasteiger partial charge in [-0.25, -0.2) is 19.4 Å². The average Bonchev–Trinajstić information content (AvgIpc) is 2.74. The van der Waals surface area contributed by atoms with Crippen LogP contribution in [0.15, 0.2) is 34.4 Å². The molecule has 9 nitrogen and oxygen atoms in total. The quantitative estimate of drug-likeness (QED) is 0.426. The fourth-order valence-electron chi connectivity index (χ4n) is 3.46. The summed E-state index contributed by atoms with van der Waals surface area (Å²) in [5, 5.41) is 16.3. The molecular weight excluding hydrogens is 397 g/mol. The van der Waals surface area contributed by atoms with Crippen molar-refractivity contribution in [1.82, 2.24) is 10.3 Å². The molecule has 1 unspecified atom stereocenters. The molecule has 0 amide bonds. The smallest absolute Gasteiger partial charge is 0.190 e. The summed E-state index contributed by atoms with van der Waals surface area (Å²) in [6.45, 7) is 6.19. The van der Waals surface area contributed by atoms with Gasteiger partial charge in [-0.15, -0.1) is 0 Å². The van der Waals surface area contributed by atoms with Gasteiger partial charge in [0.2, 0.25) is 0 Å². The van der Waals surface area contributed by atoms with Crippen LogP contribution in [0.4, 0.5) is 27.3 Å². The van der Waals surface area contributed by atoms with Crippen LogP contribution >= 0.6 is 0 Å². The molecule has 10 heteroatoms. The van der Waals surface area contributed by atoms with Gasteiger partial charge in [-0.1, -0.05) is 0 Å². The predicted octanol–water partition coefficient (Wildman–Crippen LogP) is 1.98. The molecular formula is C21H26FN9. The number of hydrogen-bond acceptors (Lipinski definition) is 7. The second-order valence-corrected chi connectivity index (χ2v) is 7.33. The lowest BCUT2D eigenvalue weighted by Crippen LogP contribution is -2.49. The fourth-order valence-corrected chi connectivity index (χ4v) is 3.46. The van der Waals surface area contributed by atoms with Gasteiger partial charge >= 0.3 is 0 Å². The Hall–Kier alpha value is -3.71. The molecule has 0 saturated carbocycles. The fraction of sp³-hybridized carbons (Fsp3) is 0.333. The van der Waals surface area contributed by atoms with Crippen LogP contribution < -0.4 is 27.0 Å². The summed E-state index contributed by atoms with van der Waals surface area (Å²) >= 11 is 0. The highest BCUT2D eigenvalue weighted by Gasteiger charge is 2.20. The van der Waals surface area contributed by atoms with Crippen LogP contribution in [0.5, 0.6) is 0 Å².